The van der Waals surface area contributed by atoms with Crippen molar-refractivity contribution in [3.8, 4) is 11.5 Å². The first-order valence-corrected chi connectivity index (χ1v) is 9.41. The topological polar surface area (TPSA) is 108 Å². The zero-order valence-corrected chi connectivity index (χ0v) is 15.1. The molecule has 138 valence electrons. The molecule has 1 atom stereocenters. The van der Waals surface area contributed by atoms with Crippen molar-refractivity contribution >= 4 is 21.7 Å². The molecule has 1 aromatic rings. The van der Waals surface area contributed by atoms with Gasteiger partial charge in [-0.15, -0.1) is 0 Å². The van der Waals surface area contributed by atoms with Crippen molar-refractivity contribution in [3.05, 3.63) is 23.8 Å². The molecule has 1 aliphatic rings. The lowest BCUT2D eigenvalue weighted by Gasteiger charge is -2.23. The largest absolute Gasteiger partial charge is 0.497 e. The molecule has 1 saturated heterocycles. The van der Waals surface area contributed by atoms with Crippen LogP contribution in [0.25, 0.3) is 0 Å². The highest BCUT2D eigenvalue weighted by Gasteiger charge is 2.39. The van der Waals surface area contributed by atoms with Gasteiger partial charge in [-0.3, -0.25) is 4.79 Å². The monoisotopic (exact) mass is 371 g/mol. The fourth-order valence-corrected chi connectivity index (χ4v) is 4.75. The maximum atomic E-state index is 12.1. The fraction of sp³-hybridized carbons (Fsp3) is 0.500. The highest BCUT2D eigenvalue weighted by molar-refractivity contribution is 7.91. The van der Waals surface area contributed by atoms with E-state index in [9.17, 15) is 18.0 Å². The summed E-state index contributed by atoms with van der Waals surface area (Å²) in [5, 5.41) is 2.62. The molecule has 8 nitrogen and oxygen atoms in total. The molecular weight excluding hydrogens is 350 g/mol. The summed E-state index contributed by atoms with van der Waals surface area (Å²) in [6.07, 6.45) is 0.335. The Morgan fingerprint density at radius 1 is 1.24 bits per heavy atom. The molecule has 2 rings (SSSR count). The minimum Gasteiger partial charge on any atom is -0.497 e. The number of ether oxygens (including phenoxy) is 3. The molecular formula is C16H21NO7S. The van der Waals surface area contributed by atoms with Gasteiger partial charge in [0.2, 0.25) is 0 Å². The SMILES string of the molecule is COc1ccc(C(=O)OCC(=O)N[C@@]2(C)CCS(=O)(=O)C2)c(OC)c1. The number of carbonyl (C=O) groups excluding carboxylic acids is 2. The van der Waals surface area contributed by atoms with Gasteiger partial charge < -0.3 is 19.5 Å². The van der Waals surface area contributed by atoms with E-state index in [0.29, 0.717) is 12.2 Å². The van der Waals surface area contributed by atoms with Crippen LogP contribution in [0.1, 0.15) is 23.7 Å². The van der Waals surface area contributed by atoms with Gasteiger partial charge in [-0.1, -0.05) is 0 Å². The van der Waals surface area contributed by atoms with Gasteiger partial charge in [-0.05, 0) is 25.5 Å². The summed E-state index contributed by atoms with van der Waals surface area (Å²) < 4.78 is 38.2. The van der Waals surface area contributed by atoms with Crippen LogP contribution in [0.3, 0.4) is 0 Å². The van der Waals surface area contributed by atoms with Gasteiger partial charge in [0.1, 0.15) is 17.1 Å². The number of nitrogens with one attached hydrogen (secondary N) is 1. The predicted molar refractivity (Wildman–Crippen MR) is 89.6 cm³/mol. The van der Waals surface area contributed by atoms with Crippen LogP contribution >= 0.6 is 0 Å². The van der Waals surface area contributed by atoms with Crippen molar-refractivity contribution in [2.45, 2.75) is 18.9 Å². The minimum atomic E-state index is -3.14. The van der Waals surface area contributed by atoms with Crippen LogP contribution in [0.5, 0.6) is 11.5 Å². The van der Waals surface area contributed by atoms with E-state index in [-0.39, 0.29) is 22.8 Å². The summed E-state index contributed by atoms with van der Waals surface area (Å²) in [6, 6.07) is 4.58. The first kappa shape index (κ1) is 19.0. The molecule has 1 N–H and O–H groups in total. The number of rotatable bonds is 6. The van der Waals surface area contributed by atoms with Gasteiger partial charge in [0.15, 0.2) is 16.4 Å². The van der Waals surface area contributed by atoms with E-state index in [1.165, 1.54) is 26.4 Å². The Labute approximate surface area is 146 Å². The maximum Gasteiger partial charge on any atom is 0.342 e. The Hall–Kier alpha value is -2.29. The second kappa shape index (κ2) is 7.30. The number of hydrogen-bond donors (Lipinski definition) is 1. The lowest BCUT2D eigenvalue weighted by molar-refractivity contribution is -0.125. The van der Waals surface area contributed by atoms with E-state index >= 15 is 0 Å². The Bertz CT molecular complexity index is 775. The van der Waals surface area contributed by atoms with Crippen LogP contribution < -0.4 is 14.8 Å². The standard InChI is InChI=1S/C16H21NO7S/c1-16(6-7-25(20,21)10-16)17-14(18)9-24-15(19)12-5-4-11(22-2)8-13(12)23-3/h4-5,8H,6-7,9-10H2,1-3H3,(H,17,18)/t16-/m0/s1. The summed E-state index contributed by atoms with van der Waals surface area (Å²) in [5.41, 5.74) is -0.675. The normalized spacial score (nSPS) is 21.4. The van der Waals surface area contributed by atoms with Crippen molar-refractivity contribution in [1.82, 2.24) is 5.32 Å². The van der Waals surface area contributed by atoms with E-state index in [1.54, 1.807) is 13.0 Å². The van der Waals surface area contributed by atoms with Crippen LogP contribution in [0.2, 0.25) is 0 Å². The third-order valence-electron chi connectivity index (χ3n) is 3.91. The molecule has 1 amide bonds. The lowest BCUT2D eigenvalue weighted by Crippen LogP contribution is -2.48. The van der Waals surface area contributed by atoms with Crippen molar-refractivity contribution < 1.29 is 32.2 Å². The fourth-order valence-electron chi connectivity index (χ4n) is 2.66. The molecule has 0 spiro atoms. The molecule has 1 heterocycles. The van der Waals surface area contributed by atoms with Crippen LogP contribution in [-0.4, -0.2) is 58.2 Å². The average Bonchev–Trinajstić information content (AvgIpc) is 2.84. The van der Waals surface area contributed by atoms with Crippen LogP contribution in [0.4, 0.5) is 0 Å². The Morgan fingerprint density at radius 3 is 2.52 bits per heavy atom. The number of hydrogen-bond acceptors (Lipinski definition) is 7. The number of benzene rings is 1. The third-order valence-corrected chi connectivity index (χ3v) is 5.81. The van der Waals surface area contributed by atoms with E-state index in [2.05, 4.69) is 5.32 Å². The highest BCUT2D eigenvalue weighted by Crippen LogP contribution is 2.25. The van der Waals surface area contributed by atoms with Gasteiger partial charge >= 0.3 is 5.97 Å². The van der Waals surface area contributed by atoms with E-state index in [4.69, 9.17) is 14.2 Å². The molecule has 1 aromatic carbocycles. The number of methoxy groups -OCH3 is 2. The zero-order chi connectivity index (χ0) is 18.7. The third kappa shape index (κ3) is 4.85. The average molecular weight is 371 g/mol. The van der Waals surface area contributed by atoms with Crippen LogP contribution in [0.15, 0.2) is 18.2 Å². The van der Waals surface area contributed by atoms with Gasteiger partial charge in [-0.2, -0.15) is 0 Å². The quantitative estimate of drug-likeness (QED) is 0.728. The predicted octanol–water partition coefficient (Wildman–Crippen LogP) is 0.554. The molecule has 0 aliphatic carbocycles. The molecule has 25 heavy (non-hydrogen) atoms. The molecule has 0 bridgehead atoms. The van der Waals surface area contributed by atoms with Crippen molar-refractivity contribution in [1.29, 1.82) is 0 Å². The first-order chi connectivity index (χ1) is 11.7. The van der Waals surface area contributed by atoms with Crippen LogP contribution in [-0.2, 0) is 19.4 Å². The summed E-state index contributed by atoms with van der Waals surface area (Å²) >= 11 is 0. The molecule has 1 fully saturated rings. The van der Waals surface area contributed by atoms with Gasteiger partial charge in [0.25, 0.3) is 5.91 Å². The second-order valence-electron chi connectivity index (χ2n) is 6.09. The summed E-state index contributed by atoms with van der Waals surface area (Å²) in [6.45, 7) is 1.15. The molecule has 1 aliphatic heterocycles. The lowest BCUT2D eigenvalue weighted by atomic mass is 10.0. The van der Waals surface area contributed by atoms with Crippen molar-refractivity contribution in [3.63, 3.8) is 0 Å². The van der Waals surface area contributed by atoms with Crippen molar-refractivity contribution in [2.24, 2.45) is 0 Å². The van der Waals surface area contributed by atoms with E-state index in [1.807, 2.05) is 0 Å². The van der Waals surface area contributed by atoms with E-state index in [0.717, 1.165) is 0 Å². The van der Waals surface area contributed by atoms with Gasteiger partial charge in [0, 0.05) is 6.07 Å². The minimum absolute atomic E-state index is 0.0343. The summed E-state index contributed by atoms with van der Waals surface area (Å²) in [5.74, 6) is -0.585. The van der Waals surface area contributed by atoms with Gasteiger partial charge in [-0.25, -0.2) is 13.2 Å². The molecule has 9 heteroatoms. The first-order valence-electron chi connectivity index (χ1n) is 7.59. The molecule has 0 radical (unpaired) electrons. The van der Waals surface area contributed by atoms with Gasteiger partial charge in [0.05, 0.1) is 31.3 Å². The van der Waals surface area contributed by atoms with Crippen LogP contribution in [0, 0.1) is 0 Å². The zero-order valence-electron chi connectivity index (χ0n) is 14.3. The maximum absolute atomic E-state index is 12.1. The second-order valence-corrected chi connectivity index (χ2v) is 8.28. The Kier molecular flexibility index (Phi) is 5.56. The Balaban J connectivity index is 1.95. The molecule has 0 aromatic heterocycles. The smallest absolute Gasteiger partial charge is 0.342 e. The summed E-state index contributed by atoms with van der Waals surface area (Å²) in [4.78, 5) is 24.1. The molecule has 0 unspecified atom stereocenters. The Morgan fingerprint density at radius 2 is 1.96 bits per heavy atom. The molecule has 0 saturated carbocycles. The summed E-state index contributed by atoms with van der Waals surface area (Å²) in [7, 11) is -0.251. The van der Waals surface area contributed by atoms with E-state index < -0.39 is 33.9 Å². The van der Waals surface area contributed by atoms with Crippen molar-refractivity contribution in [2.75, 3.05) is 32.3 Å². The number of sulfone groups is 1. The number of carbonyl (C=O) groups is 2. The number of amides is 1. The highest BCUT2D eigenvalue weighted by atomic mass is 32.2. The number of esters is 1.